The van der Waals surface area contributed by atoms with Crippen molar-refractivity contribution in [3.63, 3.8) is 0 Å². The molecule has 138 valence electrons. The van der Waals surface area contributed by atoms with Crippen LogP contribution < -0.4 is 5.32 Å². The van der Waals surface area contributed by atoms with Gasteiger partial charge in [0.15, 0.2) is 0 Å². The summed E-state index contributed by atoms with van der Waals surface area (Å²) < 4.78 is 2.19. The monoisotopic (exact) mass is 398 g/mol. The molecule has 1 N–H and O–H groups in total. The van der Waals surface area contributed by atoms with E-state index in [2.05, 4.69) is 40.0 Å². The molecule has 2 aromatic carbocycles. The highest BCUT2D eigenvalue weighted by Crippen LogP contribution is 2.28. The molecule has 4 rings (SSSR count). The predicted molar refractivity (Wildman–Crippen MR) is 114 cm³/mol. The molecule has 6 heteroatoms. The van der Waals surface area contributed by atoms with Gasteiger partial charge in [0.1, 0.15) is 5.82 Å². The summed E-state index contributed by atoms with van der Waals surface area (Å²) in [7, 11) is 0. The number of hydrogen-bond donors (Lipinski definition) is 1. The zero-order valence-corrected chi connectivity index (χ0v) is 16.5. The molecule has 0 spiro atoms. The van der Waals surface area contributed by atoms with E-state index in [4.69, 9.17) is 16.6 Å². The van der Waals surface area contributed by atoms with Gasteiger partial charge in [0.25, 0.3) is 0 Å². The molecule has 4 aromatic rings. The molecule has 0 fully saturated rings. The van der Waals surface area contributed by atoms with Crippen molar-refractivity contribution in [3.05, 3.63) is 83.4 Å². The Balaban J connectivity index is 0.00000210. The Morgan fingerprint density at radius 1 is 1.04 bits per heavy atom. The first-order valence-electron chi connectivity index (χ1n) is 8.65. The molecule has 27 heavy (non-hydrogen) atoms. The number of anilines is 1. The molecule has 2 aromatic heterocycles. The zero-order valence-electron chi connectivity index (χ0n) is 14.9. The van der Waals surface area contributed by atoms with E-state index in [0.29, 0.717) is 6.54 Å². The lowest BCUT2D eigenvalue weighted by molar-refractivity contribution is 0.915. The fourth-order valence-corrected chi connectivity index (χ4v) is 3.39. The normalized spacial score (nSPS) is 10.6. The number of benzene rings is 2. The Morgan fingerprint density at radius 2 is 1.78 bits per heavy atom. The van der Waals surface area contributed by atoms with Crippen LogP contribution in [0.1, 0.15) is 18.3 Å². The fourth-order valence-electron chi connectivity index (χ4n) is 3.10. The van der Waals surface area contributed by atoms with Crippen molar-refractivity contribution >= 4 is 40.7 Å². The molecule has 2 heterocycles. The smallest absolute Gasteiger partial charge is 0.133 e. The quantitative estimate of drug-likeness (QED) is 0.470. The molecule has 0 aliphatic rings. The van der Waals surface area contributed by atoms with E-state index in [1.54, 1.807) is 12.4 Å². The summed E-state index contributed by atoms with van der Waals surface area (Å²) in [5.74, 6) is 0.937. The Labute approximate surface area is 169 Å². The first-order valence-corrected chi connectivity index (χ1v) is 9.03. The van der Waals surface area contributed by atoms with E-state index in [9.17, 15) is 0 Å². The zero-order chi connectivity index (χ0) is 17.9. The van der Waals surface area contributed by atoms with E-state index in [0.717, 1.165) is 45.2 Å². The van der Waals surface area contributed by atoms with Gasteiger partial charge in [0.2, 0.25) is 0 Å². The first kappa shape index (κ1) is 19.2. The largest absolute Gasteiger partial charge is 0.378 e. The van der Waals surface area contributed by atoms with Crippen molar-refractivity contribution in [2.75, 3.05) is 5.32 Å². The predicted octanol–water partition coefficient (Wildman–Crippen LogP) is 5.67. The average Bonchev–Trinajstić information content (AvgIpc) is 3.04. The highest BCUT2D eigenvalue weighted by Gasteiger charge is 2.14. The SMILES string of the molecule is CCc1cc2c(cc1Cl)nc(CNc1ccncc1)n2-c1ccccc1.Cl. The van der Waals surface area contributed by atoms with Crippen LogP contribution in [0.15, 0.2) is 67.0 Å². The molecule has 0 aliphatic heterocycles. The molecule has 0 radical (unpaired) electrons. The second-order valence-corrected chi connectivity index (χ2v) is 6.48. The van der Waals surface area contributed by atoms with Crippen LogP contribution in [0.5, 0.6) is 0 Å². The molecule has 0 atom stereocenters. The van der Waals surface area contributed by atoms with Gasteiger partial charge in [-0.05, 0) is 48.4 Å². The summed E-state index contributed by atoms with van der Waals surface area (Å²) in [6.45, 7) is 2.72. The number of hydrogen-bond acceptors (Lipinski definition) is 3. The van der Waals surface area contributed by atoms with Gasteiger partial charge in [-0.3, -0.25) is 9.55 Å². The maximum atomic E-state index is 6.41. The first-order chi connectivity index (χ1) is 12.8. The maximum Gasteiger partial charge on any atom is 0.133 e. The third-order valence-corrected chi connectivity index (χ3v) is 4.77. The number of halogens is 2. The Kier molecular flexibility index (Phi) is 5.99. The minimum absolute atomic E-state index is 0. The van der Waals surface area contributed by atoms with Gasteiger partial charge in [-0.2, -0.15) is 0 Å². The minimum Gasteiger partial charge on any atom is -0.378 e. The van der Waals surface area contributed by atoms with Crippen molar-refractivity contribution in [3.8, 4) is 5.69 Å². The van der Waals surface area contributed by atoms with Crippen LogP contribution >= 0.6 is 24.0 Å². The van der Waals surface area contributed by atoms with Crippen LogP contribution in [0.3, 0.4) is 0 Å². The molecule has 0 saturated carbocycles. The van der Waals surface area contributed by atoms with Crippen molar-refractivity contribution in [1.82, 2.24) is 14.5 Å². The van der Waals surface area contributed by atoms with Crippen LogP contribution in [-0.4, -0.2) is 14.5 Å². The maximum absolute atomic E-state index is 6.41. The van der Waals surface area contributed by atoms with E-state index < -0.39 is 0 Å². The number of rotatable bonds is 5. The van der Waals surface area contributed by atoms with E-state index >= 15 is 0 Å². The second-order valence-electron chi connectivity index (χ2n) is 6.07. The summed E-state index contributed by atoms with van der Waals surface area (Å²) >= 11 is 6.41. The van der Waals surface area contributed by atoms with Gasteiger partial charge in [-0.15, -0.1) is 12.4 Å². The lowest BCUT2D eigenvalue weighted by atomic mass is 10.1. The van der Waals surface area contributed by atoms with Crippen molar-refractivity contribution < 1.29 is 0 Å². The molecule has 0 saturated heterocycles. The van der Waals surface area contributed by atoms with Gasteiger partial charge in [-0.1, -0.05) is 36.7 Å². The third kappa shape index (κ3) is 3.92. The molecule has 0 aliphatic carbocycles. The standard InChI is InChI=1S/C21H19ClN4.ClH/c1-2-15-12-20-19(13-18(15)22)25-21(14-24-16-8-10-23-11-9-16)26(20)17-6-4-3-5-7-17;/h3-13H,2,14H2,1H3,(H,23,24);1H. The third-order valence-electron chi connectivity index (χ3n) is 4.42. The average molecular weight is 399 g/mol. The number of nitrogens with zero attached hydrogens (tertiary/aromatic N) is 3. The number of nitrogens with one attached hydrogen (secondary N) is 1. The number of para-hydroxylation sites is 1. The number of fused-ring (bicyclic) bond motifs is 1. The number of pyridine rings is 1. The van der Waals surface area contributed by atoms with Crippen LogP contribution in [0.4, 0.5) is 5.69 Å². The highest BCUT2D eigenvalue weighted by molar-refractivity contribution is 6.32. The van der Waals surface area contributed by atoms with E-state index in [1.807, 2.05) is 36.4 Å². The Bertz CT molecular complexity index is 1030. The van der Waals surface area contributed by atoms with Gasteiger partial charge < -0.3 is 5.32 Å². The summed E-state index contributed by atoms with van der Waals surface area (Å²) in [5.41, 5.74) is 5.21. The number of aromatic nitrogens is 3. The summed E-state index contributed by atoms with van der Waals surface area (Å²) in [6.07, 6.45) is 4.44. The highest BCUT2D eigenvalue weighted by atomic mass is 35.5. The Hall–Kier alpha value is -2.56. The van der Waals surface area contributed by atoms with Crippen molar-refractivity contribution in [2.45, 2.75) is 19.9 Å². The fraction of sp³-hybridized carbons (Fsp3) is 0.143. The van der Waals surface area contributed by atoms with Crippen LogP contribution in [0, 0.1) is 0 Å². The van der Waals surface area contributed by atoms with E-state index in [-0.39, 0.29) is 12.4 Å². The lowest BCUT2D eigenvalue weighted by Crippen LogP contribution is -2.07. The van der Waals surface area contributed by atoms with Gasteiger partial charge in [0, 0.05) is 28.8 Å². The van der Waals surface area contributed by atoms with E-state index in [1.165, 1.54) is 0 Å². The van der Waals surface area contributed by atoms with Crippen LogP contribution in [0.2, 0.25) is 5.02 Å². The minimum atomic E-state index is 0. The number of imidazole rings is 1. The molecule has 0 unspecified atom stereocenters. The van der Waals surface area contributed by atoms with Crippen molar-refractivity contribution in [2.24, 2.45) is 0 Å². The van der Waals surface area contributed by atoms with Gasteiger partial charge in [0.05, 0.1) is 17.6 Å². The van der Waals surface area contributed by atoms with Gasteiger partial charge >= 0.3 is 0 Å². The molecular weight excluding hydrogens is 379 g/mol. The number of aryl methyl sites for hydroxylation is 1. The van der Waals surface area contributed by atoms with Crippen LogP contribution in [0.25, 0.3) is 16.7 Å². The van der Waals surface area contributed by atoms with Crippen LogP contribution in [-0.2, 0) is 13.0 Å². The summed E-state index contributed by atoms with van der Waals surface area (Å²) in [4.78, 5) is 8.89. The summed E-state index contributed by atoms with van der Waals surface area (Å²) in [6, 6.07) is 18.3. The molecule has 0 amide bonds. The molecule has 4 nitrogen and oxygen atoms in total. The Morgan fingerprint density at radius 3 is 2.48 bits per heavy atom. The van der Waals surface area contributed by atoms with Crippen molar-refractivity contribution in [1.29, 1.82) is 0 Å². The lowest BCUT2D eigenvalue weighted by Gasteiger charge is -2.11. The second kappa shape index (κ2) is 8.42. The molecular formula is C21H20Cl2N4. The topological polar surface area (TPSA) is 42.7 Å². The molecule has 0 bridgehead atoms. The summed E-state index contributed by atoms with van der Waals surface area (Å²) in [5, 5.41) is 4.19. The van der Waals surface area contributed by atoms with Gasteiger partial charge in [-0.25, -0.2) is 4.98 Å².